The van der Waals surface area contributed by atoms with E-state index in [0.717, 1.165) is 17.8 Å². The van der Waals surface area contributed by atoms with Gasteiger partial charge in [0.1, 0.15) is 0 Å². The van der Waals surface area contributed by atoms with Crippen LogP contribution in [0, 0.1) is 0 Å². The summed E-state index contributed by atoms with van der Waals surface area (Å²) in [6.07, 6.45) is 0.837. The summed E-state index contributed by atoms with van der Waals surface area (Å²) in [6, 6.07) is 0. The van der Waals surface area contributed by atoms with E-state index in [1.54, 1.807) is 12.4 Å². The smallest absolute Gasteiger partial charge is 0.0637 e. The highest BCUT2D eigenvalue weighted by atomic mass is 32.1. The predicted molar refractivity (Wildman–Crippen MR) is 44.2 cm³/mol. The molecule has 0 aliphatic rings. The highest BCUT2D eigenvalue weighted by Gasteiger charge is 1.92. The summed E-state index contributed by atoms with van der Waals surface area (Å²) in [7, 11) is 1.81. The summed E-state index contributed by atoms with van der Waals surface area (Å²) in [5.41, 5.74) is 7.22. The van der Waals surface area contributed by atoms with Crippen molar-refractivity contribution in [3.63, 3.8) is 0 Å². The van der Waals surface area contributed by atoms with E-state index in [0.29, 0.717) is 0 Å². The van der Waals surface area contributed by atoms with Crippen LogP contribution in [0.5, 0.6) is 0 Å². The molecule has 0 aromatic rings. The third kappa shape index (κ3) is 2.46. The van der Waals surface area contributed by atoms with Crippen molar-refractivity contribution < 1.29 is 0 Å². The van der Waals surface area contributed by atoms with E-state index in [9.17, 15) is 0 Å². The van der Waals surface area contributed by atoms with Crippen molar-refractivity contribution in [3.8, 4) is 0 Å². The zero-order valence-corrected chi connectivity index (χ0v) is 6.59. The number of nitrogens with one attached hydrogen (secondary N) is 1. The second-order valence-corrected chi connectivity index (χ2v) is 1.90. The molecule has 0 aromatic carbocycles. The Morgan fingerprint density at radius 2 is 2.33 bits per heavy atom. The largest absolute Gasteiger partial charge is 0.400 e. The molecule has 52 valence electrons. The van der Waals surface area contributed by atoms with Crippen molar-refractivity contribution in [1.29, 1.82) is 0 Å². The Hall–Kier alpha value is -0.570. The first kappa shape index (κ1) is 8.43. The van der Waals surface area contributed by atoms with Gasteiger partial charge in [0.15, 0.2) is 0 Å². The van der Waals surface area contributed by atoms with Gasteiger partial charge in [0.2, 0.25) is 0 Å². The van der Waals surface area contributed by atoms with E-state index in [2.05, 4.69) is 17.5 Å². The molecule has 0 saturated carbocycles. The highest BCUT2D eigenvalue weighted by Crippen LogP contribution is 1.94. The van der Waals surface area contributed by atoms with E-state index < -0.39 is 0 Å². The molecule has 3 heteroatoms. The molecular weight excluding hydrogens is 132 g/mol. The van der Waals surface area contributed by atoms with Gasteiger partial charge in [0, 0.05) is 18.1 Å². The van der Waals surface area contributed by atoms with Crippen molar-refractivity contribution >= 4 is 17.6 Å². The molecule has 0 saturated heterocycles. The van der Waals surface area contributed by atoms with Crippen LogP contribution in [0.4, 0.5) is 0 Å². The Kier molecular flexibility index (Phi) is 4.05. The Morgan fingerprint density at radius 1 is 1.78 bits per heavy atom. The van der Waals surface area contributed by atoms with Crippen LogP contribution in [0.3, 0.4) is 0 Å². The van der Waals surface area contributed by atoms with E-state index >= 15 is 0 Å². The number of thiocarbonyl (C=S) groups is 1. The minimum absolute atomic E-state index is 0.813. The molecule has 9 heavy (non-hydrogen) atoms. The third-order valence-electron chi connectivity index (χ3n) is 1.11. The zero-order chi connectivity index (χ0) is 7.28. The monoisotopic (exact) mass is 144 g/mol. The molecule has 0 spiro atoms. The minimum atomic E-state index is 0.813. The minimum Gasteiger partial charge on any atom is -0.400 e. The van der Waals surface area contributed by atoms with E-state index in [4.69, 9.17) is 5.73 Å². The van der Waals surface area contributed by atoms with Gasteiger partial charge >= 0.3 is 0 Å². The molecule has 0 unspecified atom stereocenters. The lowest BCUT2D eigenvalue weighted by Crippen LogP contribution is -2.13. The fourth-order valence-electron chi connectivity index (χ4n) is 0.486. The summed E-state index contributed by atoms with van der Waals surface area (Å²) >= 11 is 4.69. The molecule has 0 bridgehead atoms. The SMILES string of the molecule is CC/C(N)=C(/C=S)NC. The molecule has 0 radical (unpaired) electrons. The first-order valence-electron chi connectivity index (χ1n) is 2.87. The summed E-state index contributed by atoms with van der Waals surface area (Å²) in [6.45, 7) is 1.99. The number of hydrogen-bond donors (Lipinski definition) is 2. The lowest BCUT2D eigenvalue weighted by atomic mass is 10.3. The number of nitrogens with two attached hydrogens (primary N) is 1. The average molecular weight is 144 g/mol. The van der Waals surface area contributed by atoms with Gasteiger partial charge in [-0.15, -0.1) is 0 Å². The van der Waals surface area contributed by atoms with E-state index in [1.807, 2.05) is 6.92 Å². The van der Waals surface area contributed by atoms with Crippen LogP contribution in [0.1, 0.15) is 13.3 Å². The molecular formula is C6H12N2S. The number of rotatable bonds is 3. The van der Waals surface area contributed by atoms with Crippen LogP contribution >= 0.6 is 12.2 Å². The molecule has 0 aromatic heterocycles. The molecule has 3 N–H and O–H groups in total. The topological polar surface area (TPSA) is 38.0 Å². The van der Waals surface area contributed by atoms with Crippen LogP contribution in [0.2, 0.25) is 0 Å². The van der Waals surface area contributed by atoms with Crippen molar-refractivity contribution in [2.45, 2.75) is 13.3 Å². The standard InChI is InChI=1S/C6H12N2S/c1-3-5(7)6(4-9)8-2/h4,8H,3,7H2,1-2H3/b6-5+. The fraction of sp³-hybridized carbons (Fsp3) is 0.500. The Labute approximate surface area is 61.1 Å². The van der Waals surface area contributed by atoms with Gasteiger partial charge in [-0.3, -0.25) is 0 Å². The zero-order valence-electron chi connectivity index (χ0n) is 5.77. The number of hydrogen-bond acceptors (Lipinski definition) is 3. The fourth-order valence-corrected chi connectivity index (χ4v) is 0.755. The van der Waals surface area contributed by atoms with Crippen LogP contribution in [-0.4, -0.2) is 12.4 Å². The molecule has 0 rings (SSSR count). The Morgan fingerprint density at radius 3 is 2.44 bits per heavy atom. The van der Waals surface area contributed by atoms with Crippen LogP contribution in [0.25, 0.3) is 0 Å². The van der Waals surface area contributed by atoms with Gasteiger partial charge in [-0.1, -0.05) is 19.1 Å². The second-order valence-electron chi connectivity index (χ2n) is 1.66. The van der Waals surface area contributed by atoms with Crippen LogP contribution in [0.15, 0.2) is 11.4 Å². The molecule has 0 atom stereocenters. The molecule has 2 nitrogen and oxygen atoms in total. The average Bonchev–Trinajstić information content (AvgIpc) is 1.90. The van der Waals surface area contributed by atoms with Crippen molar-refractivity contribution in [2.75, 3.05) is 7.05 Å². The summed E-state index contributed by atoms with van der Waals surface area (Å²) in [4.78, 5) is 0. The second kappa shape index (κ2) is 4.32. The van der Waals surface area contributed by atoms with Crippen molar-refractivity contribution in [2.24, 2.45) is 5.73 Å². The van der Waals surface area contributed by atoms with Gasteiger partial charge in [-0.05, 0) is 6.42 Å². The normalized spacial score (nSPS) is 12.2. The van der Waals surface area contributed by atoms with Gasteiger partial charge in [-0.2, -0.15) is 0 Å². The Balaban J connectivity index is 4.18. The number of allylic oxidation sites excluding steroid dienone is 2. The summed E-state index contributed by atoms with van der Waals surface area (Å²) in [5, 5.41) is 4.45. The Bertz CT molecular complexity index is 129. The van der Waals surface area contributed by atoms with Gasteiger partial charge in [0.25, 0.3) is 0 Å². The van der Waals surface area contributed by atoms with Gasteiger partial charge < -0.3 is 11.1 Å². The predicted octanol–water partition coefficient (Wildman–Crippen LogP) is 0.786. The van der Waals surface area contributed by atoms with Crippen molar-refractivity contribution in [3.05, 3.63) is 11.4 Å². The maximum absolute atomic E-state index is 5.56. The quantitative estimate of drug-likeness (QED) is 0.454. The van der Waals surface area contributed by atoms with Gasteiger partial charge in [0.05, 0.1) is 5.70 Å². The molecule has 0 fully saturated rings. The lowest BCUT2D eigenvalue weighted by Gasteiger charge is -2.02. The molecule has 0 aliphatic carbocycles. The molecule has 0 aliphatic heterocycles. The van der Waals surface area contributed by atoms with Crippen LogP contribution < -0.4 is 11.1 Å². The summed E-state index contributed by atoms with van der Waals surface area (Å²) < 4.78 is 0. The molecule has 0 heterocycles. The highest BCUT2D eigenvalue weighted by molar-refractivity contribution is 7.79. The maximum Gasteiger partial charge on any atom is 0.0637 e. The van der Waals surface area contributed by atoms with E-state index in [1.165, 1.54) is 0 Å². The third-order valence-corrected chi connectivity index (χ3v) is 1.35. The van der Waals surface area contributed by atoms with E-state index in [-0.39, 0.29) is 0 Å². The van der Waals surface area contributed by atoms with Crippen molar-refractivity contribution in [1.82, 2.24) is 5.32 Å². The van der Waals surface area contributed by atoms with Gasteiger partial charge in [-0.25, -0.2) is 0 Å². The first-order valence-corrected chi connectivity index (χ1v) is 3.35. The van der Waals surface area contributed by atoms with Crippen LogP contribution in [-0.2, 0) is 0 Å². The summed E-state index contributed by atoms with van der Waals surface area (Å²) in [5.74, 6) is 0. The lowest BCUT2D eigenvalue weighted by molar-refractivity contribution is 0.964. The first-order chi connectivity index (χ1) is 4.26. The molecule has 0 amide bonds. The maximum atomic E-state index is 5.56.